The minimum absolute atomic E-state index is 0.144. The van der Waals surface area contributed by atoms with E-state index < -0.39 is 18.0 Å². The van der Waals surface area contributed by atoms with Crippen molar-refractivity contribution < 1.29 is 28.3 Å². The van der Waals surface area contributed by atoms with Crippen LogP contribution >= 0.6 is 0 Å². The Morgan fingerprint density at radius 3 is 2.90 bits per heavy atom. The molecular formula is C19H25FN4O5. The molecule has 29 heavy (non-hydrogen) atoms. The number of hydrogen-bond acceptors (Lipinski definition) is 6. The lowest BCUT2D eigenvalue weighted by molar-refractivity contribution is -0.181. The lowest BCUT2D eigenvalue weighted by Gasteiger charge is -2.24. The summed E-state index contributed by atoms with van der Waals surface area (Å²) in [7, 11) is 0. The number of carbonyl (C=O) groups is 3. The fraction of sp³-hybridized carbons (Fsp3) is 0.526. The standard InChI is InChI=1S/C19H25FN4O5/c1-3-28-24(12-25)15-6-7-22(10-15)18-5-4-14(8-17(18)20)23-11-16(29-19(23)27)9-21-13(2)26/h4-5,8,12,15-16H,3,6-7,9-11H2,1-2H3,(H,21,26)/t15-,16-/m0/s1. The summed E-state index contributed by atoms with van der Waals surface area (Å²) < 4.78 is 20.0. The van der Waals surface area contributed by atoms with Gasteiger partial charge in [0.1, 0.15) is 11.9 Å². The van der Waals surface area contributed by atoms with Gasteiger partial charge in [0, 0.05) is 20.0 Å². The Hall–Kier alpha value is -2.88. The fourth-order valence-electron chi connectivity index (χ4n) is 3.56. The molecule has 158 valence electrons. The van der Waals surface area contributed by atoms with Gasteiger partial charge in [0.05, 0.1) is 37.1 Å². The summed E-state index contributed by atoms with van der Waals surface area (Å²) in [5, 5.41) is 3.88. The molecule has 1 aromatic carbocycles. The molecule has 0 aliphatic carbocycles. The number of rotatable bonds is 8. The lowest BCUT2D eigenvalue weighted by atomic mass is 10.2. The normalized spacial score (nSPS) is 21.3. The molecule has 2 fully saturated rings. The molecule has 2 aliphatic heterocycles. The summed E-state index contributed by atoms with van der Waals surface area (Å²) in [6, 6.07) is 4.43. The zero-order valence-corrected chi connectivity index (χ0v) is 16.5. The van der Waals surface area contributed by atoms with Crippen LogP contribution in [0.25, 0.3) is 0 Å². The number of benzene rings is 1. The van der Waals surface area contributed by atoms with Crippen LogP contribution < -0.4 is 15.1 Å². The Labute approximate surface area is 168 Å². The smallest absolute Gasteiger partial charge is 0.414 e. The number of nitrogens with zero attached hydrogens (tertiary/aromatic N) is 3. The predicted molar refractivity (Wildman–Crippen MR) is 103 cm³/mol. The van der Waals surface area contributed by atoms with Crippen molar-refractivity contribution >= 4 is 29.8 Å². The number of anilines is 2. The van der Waals surface area contributed by atoms with Crippen LogP contribution in [0.5, 0.6) is 0 Å². The van der Waals surface area contributed by atoms with E-state index in [1.165, 1.54) is 23.0 Å². The Balaban J connectivity index is 1.66. The van der Waals surface area contributed by atoms with Crippen molar-refractivity contribution in [2.24, 2.45) is 0 Å². The monoisotopic (exact) mass is 408 g/mol. The van der Waals surface area contributed by atoms with Gasteiger partial charge in [0.25, 0.3) is 0 Å². The van der Waals surface area contributed by atoms with Gasteiger partial charge >= 0.3 is 6.09 Å². The second-order valence-electron chi connectivity index (χ2n) is 6.96. The van der Waals surface area contributed by atoms with E-state index in [2.05, 4.69) is 5.32 Å². The van der Waals surface area contributed by atoms with Gasteiger partial charge in [-0.2, -0.15) is 0 Å². The topological polar surface area (TPSA) is 91.4 Å². The molecule has 0 spiro atoms. The van der Waals surface area contributed by atoms with Gasteiger partial charge in [-0.05, 0) is 31.5 Å². The van der Waals surface area contributed by atoms with E-state index in [0.29, 0.717) is 43.9 Å². The molecule has 10 heteroatoms. The number of hydrogen-bond donors (Lipinski definition) is 1. The summed E-state index contributed by atoms with van der Waals surface area (Å²) in [4.78, 5) is 42.8. The molecule has 2 saturated heterocycles. The van der Waals surface area contributed by atoms with Crippen LogP contribution in [-0.2, 0) is 19.2 Å². The molecule has 2 atom stereocenters. The highest BCUT2D eigenvalue weighted by Crippen LogP contribution is 2.30. The van der Waals surface area contributed by atoms with Crippen molar-refractivity contribution in [2.75, 3.05) is 42.6 Å². The molecule has 9 nitrogen and oxygen atoms in total. The van der Waals surface area contributed by atoms with Gasteiger partial charge in [-0.15, -0.1) is 0 Å². The lowest BCUT2D eigenvalue weighted by Crippen LogP contribution is -2.36. The van der Waals surface area contributed by atoms with Gasteiger partial charge in [0.15, 0.2) is 0 Å². The Morgan fingerprint density at radius 2 is 2.24 bits per heavy atom. The SMILES string of the molecule is CCON(C=O)[C@H]1CCN(c2ccc(N3C[C@H](CNC(C)=O)OC3=O)cc2F)C1. The highest BCUT2D eigenvalue weighted by Gasteiger charge is 2.34. The molecular weight excluding hydrogens is 383 g/mol. The van der Waals surface area contributed by atoms with E-state index in [-0.39, 0.29) is 25.0 Å². The van der Waals surface area contributed by atoms with Crippen LogP contribution in [0.15, 0.2) is 18.2 Å². The van der Waals surface area contributed by atoms with Crippen molar-refractivity contribution in [1.29, 1.82) is 0 Å². The van der Waals surface area contributed by atoms with Crippen LogP contribution in [0, 0.1) is 5.82 Å². The van der Waals surface area contributed by atoms with Crippen molar-refractivity contribution in [2.45, 2.75) is 32.4 Å². The van der Waals surface area contributed by atoms with E-state index in [4.69, 9.17) is 9.57 Å². The molecule has 0 unspecified atom stereocenters. The summed E-state index contributed by atoms with van der Waals surface area (Å²) in [6.45, 7) is 5.04. The summed E-state index contributed by atoms with van der Waals surface area (Å²) in [5.41, 5.74) is 0.794. The van der Waals surface area contributed by atoms with E-state index in [1.54, 1.807) is 19.1 Å². The maximum absolute atomic E-state index is 14.8. The maximum atomic E-state index is 14.8. The fourth-order valence-corrected chi connectivity index (χ4v) is 3.56. The Kier molecular flexibility index (Phi) is 6.53. The second-order valence-corrected chi connectivity index (χ2v) is 6.96. The first-order valence-corrected chi connectivity index (χ1v) is 9.56. The number of amides is 3. The van der Waals surface area contributed by atoms with Crippen molar-refractivity contribution in [3.05, 3.63) is 24.0 Å². The number of cyclic esters (lactones) is 1. The molecule has 0 saturated carbocycles. The van der Waals surface area contributed by atoms with Crippen molar-refractivity contribution in [3.63, 3.8) is 0 Å². The first-order chi connectivity index (χ1) is 13.9. The Morgan fingerprint density at radius 1 is 1.45 bits per heavy atom. The Bertz CT molecular complexity index is 777. The minimum atomic E-state index is -0.577. The highest BCUT2D eigenvalue weighted by molar-refractivity contribution is 5.90. The van der Waals surface area contributed by atoms with Crippen LogP contribution in [0.2, 0.25) is 0 Å². The average molecular weight is 408 g/mol. The summed E-state index contributed by atoms with van der Waals surface area (Å²) in [6.07, 6.45) is 0.255. The number of hydroxylamine groups is 2. The molecule has 2 heterocycles. The zero-order valence-electron chi connectivity index (χ0n) is 16.5. The van der Waals surface area contributed by atoms with Crippen LogP contribution in [0.4, 0.5) is 20.6 Å². The first kappa shape index (κ1) is 20.8. The maximum Gasteiger partial charge on any atom is 0.414 e. The van der Waals surface area contributed by atoms with E-state index >= 15 is 0 Å². The van der Waals surface area contributed by atoms with Crippen LogP contribution in [0.3, 0.4) is 0 Å². The molecule has 1 N–H and O–H groups in total. The average Bonchev–Trinajstić information content (AvgIpc) is 3.31. The van der Waals surface area contributed by atoms with Crippen molar-refractivity contribution in [3.8, 4) is 0 Å². The number of halogens is 1. The van der Waals surface area contributed by atoms with Gasteiger partial charge in [-0.1, -0.05) is 0 Å². The largest absolute Gasteiger partial charge is 0.442 e. The second kappa shape index (κ2) is 9.08. The van der Waals surface area contributed by atoms with Gasteiger partial charge in [0.2, 0.25) is 12.3 Å². The van der Waals surface area contributed by atoms with Gasteiger partial charge in [-0.3, -0.25) is 19.3 Å². The first-order valence-electron chi connectivity index (χ1n) is 9.56. The van der Waals surface area contributed by atoms with Crippen LogP contribution in [-0.4, -0.2) is 68.4 Å². The van der Waals surface area contributed by atoms with Gasteiger partial charge in [-0.25, -0.2) is 14.2 Å². The van der Waals surface area contributed by atoms with E-state index in [9.17, 15) is 18.8 Å². The summed E-state index contributed by atoms with van der Waals surface area (Å²) >= 11 is 0. The number of carbonyl (C=O) groups excluding carboxylic acids is 3. The van der Waals surface area contributed by atoms with Crippen LogP contribution in [0.1, 0.15) is 20.3 Å². The molecule has 0 radical (unpaired) electrons. The third-order valence-corrected chi connectivity index (χ3v) is 4.94. The summed E-state index contributed by atoms with van der Waals surface area (Å²) in [5.74, 6) is -0.674. The van der Waals surface area contributed by atoms with E-state index in [0.717, 1.165) is 0 Å². The number of nitrogens with one attached hydrogen (secondary N) is 1. The zero-order chi connectivity index (χ0) is 21.0. The van der Waals surface area contributed by atoms with E-state index in [1.807, 2.05) is 4.90 Å². The molecule has 3 rings (SSSR count). The molecule has 0 bridgehead atoms. The molecule has 2 aliphatic rings. The molecule has 0 aromatic heterocycles. The molecule has 1 aromatic rings. The highest BCUT2D eigenvalue weighted by atomic mass is 19.1. The van der Waals surface area contributed by atoms with Gasteiger partial charge < -0.3 is 15.0 Å². The number of ether oxygens (including phenoxy) is 1. The minimum Gasteiger partial charge on any atom is -0.442 e. The predicted octanol–water partition coefficient (Wildman–Crippen LogP) is 1.28. The quantitative estimate of drug-likeness (QED) is 0.515. The third kappa shape index (κ3) is 4.76. The van der Waals surface area contributed by atoms with Crippen molar-refractivity contribution in [1.82, 2.24) is 10.4 Å². The molecule has 3 amide bonds. The third-order valence-electron chi connectivity index (χ3n) is 4.94.